The lowest BCUT2D eigenvalue weighted by Crippen LogP contribution is -2.28. The second-order valence-electron chi connectivity index (χ2n) is 3.05. The molecule has 0 aliphatic rings. The molecular formula is C10H17NO5P+. The number of nitrogens with one attached hydrogen (secondary N) is 1. The topological polar surface area (TPSA) is 92.7 Å². The van der Waals surface area contributed by atoms with Crippen molar-refractivity contribution in [2.24, 2.45) is 0 Å². The average Bonchev–Trinajstić information content (AvgIpc) is 2.33. The summed E-state index contributed by atoms with van der Waals surface area (Å²) in [6.07, 6.45) is 1.09. The molecule has 0 heterocycles. The first kappa shape index (κ1) is 15.7. The minimum Gasteiger partial charge on any atom is -0.461 e. The van der Waals surface area contributed by atoms with E-state index in [4.69, 9.17) is 9.84 Å². The number of hydrogen-bond donors (Lipinski definition) is 2. The fourth-order valence-electron chi connectivity index (χ4n) is 0.884. The molecule has 2 N–H and O–H groups in total. The van der Waals surface area contributed by atoms with Gasteiger partial charge in [0.1, 0.15) is 5.70 Å². The molecule has 0 saturated carbocycles. The smallest absolute Gasteiger partial charge is 0.370 e. The molecular weight excluding hydrogens is 245 g/mol. The standard InChI is InChI=1S/C10H16NO5P/c1-3-9(13)11-8(10(14)16-4-2)5-6-17(15)7-12/h5,12H,3-4,6-7H2,1-2H3/p+1. The van der Waals surface area contributed by atoms with E-state index in [1.165, 1.54) is 6.08 Å². The van der Waals surface area contributed by atoms with Crippen LogP contribution in [0.1, 0.15) is 20.3 Å². The summed E-state index contributed by atoms with van der Waals surface area (Å²) in [4.78, 5) is 22.6. The molecule has 17 heavy (non-hydrogen) atoms. The Balaban J connectivity index is 4.65. The lowest BCUT2D eigenvalue weighted by molar-refractivity contribution is -0.140. The molecule has 1 amide bonds. The van der Waals surface area contributed by atoms with Crippen LogP contribution in [-0.4, -0.2) is 36.1 Å². The minimum atomic E-state index is -1.80. The van der Waals surface area contributed by atoms with E-state index in [2.05, 4.69) is 5.32 Å². The largest absolute Gasteiger partial charge is 0.461 e. The van der Waals surface area contributed by atoms with Gasteiger partial charge in [-0.05, 0) is 13.0 Å². The second kappa shape index (κ2) is 8.84. The molecule has 0 aromatic carbocycles. The average molecular weight is 262 g/mol. The molecule has 0 spiro atoms. The van der Waals surface area contributed by atoms with Crippen LogP contribution in [0, 0.1) is 0 Å². The van der Waals surface area contributed by atoms with Gasteiger partial charge in [-0.3, -0.25) is 4.79 Å². The van der Waals surface area contributed by atoms with Gasteiger partial charge in [-0.2, -0.15) is 0 Å². The first-order valence-corrected chi connectivity index (χ1v) is 6.88. The van der Waals surface area contributed by atoms with Crippen LogP contribution in [0.2, 0.25) is 0 Å². The van der Waals surface area contributed by atoms with Crippen LogP contribution < -0.4 is 5.32 Å². The van der Waals surface area contributed by atoms with Crippen molar-refractivity contribution in [2.45, 2.75) is 20.3 Å². The molecule has 1 unspecified atom stereocenters. The van der Waals surface area contributed by atoms with Crippen LogP contribution in [0.25, 0.3) is 0 Å². The molecule has 0 aliphatic carbocycles. The highest BCUT2D eigenvalue weighted by Crippen LogP contribution is 2.18. The zero-order valence-corrected chi connectivity index (χ0v) is 10.8. The van der Waals surface area contributed by atoms with Crippen molar-refractivity contribution in [2.75, 3.05) is 19.1 Å². The third-order valence-corrected chi connectivity index (χ3v) is 2.65. The van der Waals surface area contributed by atoms with Crippen LogP contribution in [0.4, 0.5) is 0 Å². The Morgan fingerprint density at radius 2 is 2.06 bits per heavy atom. The zero-order chi connectivity index (χ0) is 13.3. The third-order valence-electron chi connectivity index (χ3n) is 1.75. The monoisotopic (exact) mass is 262 g/mol. The lowest BCUT2D eigenvalue weighted by Gasteiger charge is -2.07. The Morgan fingerprint density at radius 3 is 2.53 bits per heavy atom. The van der Waals surface area contributed by atoms with E-state index in [9.17, 15) is 14.2 Å². The first-order valence-electron chi connectivity index (χ1n) is 5.25. The number of aliphatic hydroxyl groups is 1. The van der Waals surface area contributed by atoms with Gasteiger partial charge < -0.3 is 15.2 Å². The molecule has 6 nitrogen and oxygen atoms in total. The molecule has 7 heteroatoms. The van der Waals surface area contributed by atoms with E-state index >= 15 is 0 Å². The summed E-state index contributed by atoms with van der Waals surface area (Å²) in [6, 6.07) is 0. The van der Waals surface area contributed by atoms with Gasteiger partial charge in [0.05, 0.1) is 6.61 Å². The fraction of sp³-hybridized carbons (Fsp3) is 0.600. The maximum absolute atomic E-state index is 11.4. The van der Waals surface area contributed by atoms with Gasteiger partial charge in [-0.15, -0.1) is 0 Å². The summed E-state index contributed by atoms with van der Waals surface area (Å²) in [5.74, 6) is -1.00. The number of amides is 1. The van der Waals surface area contributed by atoms with Crippen molar-refractivity contribution < 1.29 is 24.0 Å². The number of carbonyl (C=O) groups excluding carboxylic acids is 2. The molecule has 0 aromatic rings. The first-order chi connectivity index (χ1) is 8.04. The zero-order valence-electron chi connectivity index (χ0n) is 9.93. The van der Waals surface area contributed by atoms with Crippen molar-refractivity contribution >= 4 is 19.7 Å². The van der Waals surface area contributed by atoms with Crippen LogP contribution in [0.5, 0.6) is 0 Å². The van der Waals surface area contributed by atoms with Crippen LogP contribution in [-0.2, 0) is 18.9 Å². The van der Waals surface area contributed by atoms with E-state index in [-0.39, 0.29) is 30.8 Å². The fourth-order valence-corrected chi connectivity index (χ4v) is 1.39. The van der Waals surface area contributed by atoms with Crippen LogP contribution in [0.15, 0.2) is 11.8 Å². The van der Waals surface area contributed by atoms with Crippen molar-refractivity contribution in [1.82, 2.24) is 5.32 Å². The highest BCUT2D eigenvalue weighted by molar-refractivity contribution is 7.44. The highest BCUT2D eigenvalue weighted by Gasteiger charge is 2.17. The summed E-state index contributed by atoms with van der Waals surface area (Å²) in [6.45, 7) is 3.47. The van der Waals surface area contributed by atoms with Crippen LogP contribution >= 0.6 is 7.80 Å². The SMILES string of the molecule is CCOC(=O)C(=CC[P+](=O)CO)NC(=O)CC. The predicted octanol–water partition coefficient (Wildman–Crippen LogP) is 0.737. The molecule has 0 saturated heterocycles. The third kappa shape index (κ3) is 6.81. The molecule has 0 aromatic heterocycles. The van der Waals surface area contributed by atoms with Gasteiger partial charge in [0, 0.05) is 6.42 Å². The molecule has 96 valence electrons. The Labute approximate surface area is 101 Å². The lowest BCUT2D eigenvalue weighted by atomic mass is 10.3. The summed E-state index contributed by atoms with van der Waals surface area (Å²) in [5.41, 5.74) is -0.0319. The number of allylic oxidation sites excluding steroid dienone is 1. The highest BCUT2D eigenvalue weighted by atomic mass is 31.1. The Kier molecular flexibility index (Phi) is 8.19. The van der Waals surface area contributed by atoms with Crippen LogP contribution in [0.3, 0.4) is 0 Å². The van der Waals surface area contributed by atoms with Crippen molar-refractivity contribution in [1.29, 1.82) is 0 Å². The summed E-state index contributed by atoms with van der Waals surface area (Å²) in [7, 11) is -1.80. The summed E-state index contributed by atoms with van der Waals surface area (Å²) < 4.78 is 15.8. The molecule has 0 fully saturated rings. The maximum atomic E-state index is 11.4. The van der Waals surface area contributed by atoms with E-state index in [1.807, 2.05) is 0 Å². The predicted molar refractivity (Wildman–Crippen MR) is 62.7 cm³/mol. The van der Waals surface area contributed by atoms with Gasteiger partial charge >= 0.3 is 13.8 Å². The molecule has 0 aliphatic heterocycles. The Hall–Kier alpha value is -1.26. The van der Waals surface area contributed by atoms with E-state index in [0.29, 0.717) is 0 Å². The normalized spacial score (nSPS) is 11.9. The van der Waals surface area contributed by atoms with Gasteiger partial charge in [0.2, 0.25) is 12.3 Å². The number of aliphatic hydroxyl groups excluding tert-OH is 1. The number of rotatable bonds is 7. The number of carbonyl (C=O) groups is 2. The Morgan fingerprint density at radius 1 is 1.41 bits per heavy atom. The van der Waals surface area contributed by atoms with Crippen molar-refractivity contribution in [3.63, 3.8) is 0 Å². The van der Waals surface area contributed by atoms with Gasteiger partial charge in [-0.25, -0.2) is 4.79 Å². The number of ether oxygens (including phenoxy) is 1. The van der Waals surface area contributed by atoms with E-state index in [1.54, 1.807) is 13.8 Å². The molecule has 0 radical (unpaired) electrons. The maximum Gasteiger partial charge on any atom is 0.370 e. The quantitative estimate of drug-likeness (QED) is 0.401. The molecule has 0 rings (SSSR count). The van der Waals surface area contributed by atoms with E-state index in [0.717, 1.165) is 0 Å². The Bertz CT molecular complexity index is 327. The summed E-state index contributed by atoms with van der Waals surface area (Å²) >= 11 is 0. The summed E-state index contributed by atoms with van der Waals surface area (Å²) in [5, 5.41) is 11.0. The van der Waals surface area contributed by atoms with E-state index < -0.39 is 20.1 Å². The van der Waals surface area contributed by atoms with Crippen molar-refractivity contribution in [3.8, 4) is 0 Å². The number of hydrogen-bond acceptors (Lipinski definition) is 5. The van der Waals surface area contributed by atoms with Gasteiger partial charge in [-0.1, -0.05) is 11.5 Å². The molecule has 1 atom stereocenters. The van der Waals surface area contributed by atoms with Gasteiger partial charge in [0.25, 0.3) is 0 Å². The van der Waals surface area contributed by atoms with Crippen molar-refractivity contribution in [3.05, 3.63) is 11.8 Å². The molecule has 0 bridgehead atoms. The minimum absolute atomic E-state index is 0.0178. The second-order valence-corrected chi connectivity index (χ2v) is 4.66. The number of esters is 1. The van der Waals surface area contributed by atoms with Gasteiger partial charge in [0.15, 0.2) is 6.16 Å².